The van der Waals surface area contributed by atoms with E-state index in [1.54, 1.807) is 5.57 Å². The summed E-state index contributed by atoms with van der Waals surface area (Å²) in [5.74, 6) is 2.61. The Morgan fingerprint density at radius 2 is 2.00 bits per heavy atom. The standard InChI is InChI=1S/C19H31NO/c1-18-9-7-14(21)12-13(18)5-6-15-16(18)8-10-19(2)17(15)4-3-11-20-19/h5,14-17,20-21H,3-4,6-12H2,1-2H3/t14-,15+,16-,17+,18+,19+/m0/s1. The van der Waals surface area contributed by atoms with E-state index in [9.17, 15) is 5.11 Å². The van der Waals surface area contributed by atoms with Gasteiger partial charge in [-0.3, -0.25) is 0 Å². The fourth-order valence-corrected chi connectivity index (χ4v) is 6.41. The van der Waals surface area contributed by atoms with Crippen LogP contribution in [0.4, 0.5) is 0 Å². The molecule has 2 N–H and O–H groups in total. The highest BCUT2D eigenvalue weighted by Gasteiger charge is 2.54. The number of piperidine rings is 1. The topological polar surface area (TPSA) is 32.3 Å². The van der Waals surface area contributed by atoms with Gasteiger partial charge in [-0.2, -0.15) is 0 Å². The monoisotopic (exact) mass is 289 g/mol. The molecule has 1 saturated heterocycles. The molecule has 1 aliphatic heterocycles. The van der Waals surface area contributed by atoms with E-state index in [1.807, 2.05) is 0 Å². The smallest absolute Gasteiger partial charge is 0.0577 e. The van der Waals surface area contributed by atoms with Crippen molar-refractivity contribution in [2.24, 2.45) is 23.2 Å². The molecule has 0 aromatic heterocycles. The van der Waals surface area contributed by atoms with Gasteiger partial charge in [-0.05, 0) is 88.0 Å². The highest BCUT2D eigenvalue weighted by atomic mass is 16.3. The molecule has 0 radical (unpaired) electrons. The van der Waals surface area contributed by atoms with Crippen LogP contribution in [0.1, 0.15) is 65.2 Å². The first-order chi connectivity index (χ1) is 10.0. The number of allylic oxidation sites excluding steroid dienone is 1. The molecule has 4 aliphatic rings. The molecule has 2 saturated carbocycles. The lowest BCUT2D eigenvalue weighted by Gasteiger charge is -2.60. The van der Waals surface area contributed by atoms with E-state index in [-0.39, 0.29) is 6.10 Å². The number of hydrogen-bond acceptors (Lipinski definition) is 2. The number of fused-ring (bicyclic) bond motifs is 5. The van der Waals surface area contributed by atoms with Crippen LogP contribution in [-0.4, -0.2) is 23.3 Å². The molecule has 118 valence electrons. The normalized spacial score (nSPS) is 53.2. The fraction of sp³-hybridized carbons (Fsp3) is 0.895. The number of aliphatic hydroxyl groups excluding tert-OH is 1. The van der Waals surface area contributed by atoms with Crippen molar-refractivity contribution < 1.29 is 5.11 Å². The average molecular weight is 289 g/mol. The maximum Gasteiger partial charge on any atom is 0.0577 e. The summed E-state index contributed by atoms with van der Waals surface area (Å²) in [7, 11) is 0. The minimum absolute atomic E-state index is 0.0777. The molecule has 4 rings (SSSR count). The summed E-state index contributed by atoms with van der Waals surface area (Å²) in [6.45, 7) is 6.22. The molecular weight excluding hydrogens is 258 g/mol. The highest BCUT2D eigenvalue weighted by molar-refractivity contribution is 5.25. The van der Waals surface area contributed by atoms with Gasteiger partial charge in [-0.15, -0.1) is 0 Å². The summed E-state index contributed by atoms with van der Waals surface area (Å²) in [5.41, 5.74) is 2.38. The first-order valence-electron chi connectivity index (χ1n) is 9.15. The zero-order valence-corrected chi connectivity index (χ0v) is 13.7. The minimum Gasteiger partial charge on any atom is -0.393 e. The summed E-state index contributed by atoms with van der Waals surface area (Å²) in [5, 5.41) is 13.9. The van der Waals surface area contributed by atoms with Gasteiger partial charge < -0.3 is 10.4 Å². The summed E-state index contributed by atoms with van der Waals surface area (Å²) < 4.78 is 0. The van der Waals surface area contributed by atoms with Gasteiger partial charge in [0.25, 0.3) is 0 Å². The van der Waals surface area contributed by atoms with Crippen molar-refractivity contribution in [2.75, 3.05) is 6.54 Å². The van der Waals surface area contributed by atoms with Crippen molar-refractivity contribution in [3.8, 4) is 0 Å². The highest BCUT2D eigenvalue weighted by Crippen LogP contribution is 2.60. The Bertz CT molecular complexity index is 458. The Morgan fingerprint density at radius 3 is 2.86 bits per heavy atom. The molecule has 2 nitrogen and oxygen atoms in total. The van der Waals surface area contributed by atoms with E-state index >= 15 is 0 Å². The largest absolute Gasteiger partial charge is 0.393 e. The lowest BCUT2D eigenvalue weighted by molar-refractivity contribution is -0.0423. The van der Waals surface area contributed by atoms with Crippen molar-refractivity contribution in [3.63, 3.8) is 0 Å². The van der Waals surface area contributed by atoms with E-state index in [1.165, 1.54) is 45.1 Å². The molecule has 0 unspecified atom stereocenters. The fourth-order valence-electron chi connectivity index (χ4n) is 6.41. The van der Waals surface area contributed by atoms with Gasteiger partial charge in [0.05, 0.1) is 6.10 Å². The van der Waals surface area contributed by atoms with E-state index in [4.69, 9.17) is 0 Å². The molecular formula is C19H31NO. The van der Waals surface area contributed by atoms with E-state index < -0.39 is 0 Å². The molecule has 0 spiro atoms. The number of rotatable bonds is 0. The van der Waals surface area contributed by atoms with Crippen molar-refractivity contribution in [3.05, 3.63) is 11.6 Å². The zero-order valence-electron chi connectivity index (χ0n) is 13.7. The van der Waals surface area contributed by atoms with Crippen molar-refractivity contribution in [2.45, 2.75) is 76.9 Å². The van der Waals surface area contributed by atoms with Crippen LogP contribution in [0.3, 0.4) is 0 Å². The third-order valence-corrected chi connectivity index (χ3v) is 7.69. The third-order valence-electron chi connectivity index (χ3n) is 7.69. The maximum absolute atomic E-state index is 10.0. The molecule has 1 heterocycles. The van der Waals surface area contributed by atoms with E-state index in [0.29, 0.717) is 11.0 Å². The second kappa shape index (κ2) is 4.83. The van der Waals surface area contributed by atoms with Gasteiger partial charge in [-0.25, -0.2) is 0 Å². The third kappa shape index (κ3) is 2.05. The summed E-state index contributed by atoms with van der Waals surface area (Å²) in [6, 6.07) is 0. The molecule has 0 aromatic carbocycles. The predicted octanol–water partition coefficient (Wildman–Crippen LogP) is 3.65. The molecule has 21 heavy (non-hydrogen) atoms. The van der Waals surface area contributed by atoms with Gasteiger partial charge in [-0.1, -0.05) is 18.6 Å². The van der Waals surface area contributed by atoms with Crippen LogP contribution < -0.4 is 5.32 Å². The lowest BCUT2D eigenvalue weighted by Crippen LogP contribution is -2.61. The number of hydrogen-bond donors (Lipinski definition) is 2. The van der Waals surface area contributed by atoms with Crippen LogP contribution in [0, 0.1) is 23.2 Å². The summed E-state index contributed by atoms with van der Waals surface area (Å²) in [4.78, 5) is 0. The van der Waals surface area contributed by atoms with Gasteiger partial charge in [0.2, 0.25) is 0 Å². The minimum atomic E-state index is -0.0777. The van der Waals surface area contributed by atoms with E-state index in [2.05, 4.69) is 25.2 Å². The zero-order chi connectivity index (χ0) is 14.7. The summed E-state index contributed by atoms with van der Waals surface area (Å²) >= 11 is 0. The maximum atomic E-state index is 10.0. The molecule has 3 fully saturated rings. The van der Waals surface area contributed by atoms with Crippen LogP contribution in [0.2, 0.25) is 0 Å². The molecule has 0 aromatic rings. The first kappa shape index (κ1) is 14.3. The van der Waals surface area contributed by atoms with Gasteiger partial charge >= 0.3 is 0 Å². The Hall–Kier alpha value is -0.340. The van der Waals surface area contributed by atoms with Crippen LogP contribution in [0.5, 0.6) is 0 Å². The molecule has 3 aliphatic carbocycles. The first-order valence-corrected chi connectivity index (χ1v) is 9.15. The number of aliphatic hydroxyl groups is 1. The Kier molecular flexibility index (Phi) is 3.28. The predicted molar refractivity (Wildman–Crippen MR) is 86.0 cm³/mol. The lowest BCUT2D eigenvalue weighted by atomic mass is 9.48. The molecule has 2 heteroatoms. The van der Waals surface area contributed by atoms with Crippen LogP contribution in [-0.2, 0) is 0 Å². The molecule has 6 atom stereocenters. The quantitative estimate of drug-likeness (QED) is 0.667. The van der Waals surface area contributed by atoms with Gasteiger partial charge in [0.1, 0.15) is 0 Å². The second-order valence-corrected chi connectivity index (χ2v) is 8.68. The van der Waals surface area contributed by atoms with E-state index in [0.717, 1.165) is 30.6 Å². The number of nitrogens with one attached hydrogen (secondary N) is 1. The summed E-state index contributed by atoms with van der Waals surface area (Å²) in [6.07, 6.45) is 12.4. The van der Waals surface area contributed by atoms with Crippen LogP contribution in [0.15, 0.2) is 11.6 Å². The van der Waals surface area contributed by atoms with Gasteiger partial charge in [0, 0.05) is 5.54 Å². The van der Waals surface area contributed by atoms with Crippen molar-refractivity contribution in [1.82, 2.24) is 5.32 Å². The van der Waals surface area contributed by atoms with Crippen molar-refractivity contribution >= 4 is 0 Å². The average Bonchev–Trinajstić information content (AvgIpc) is 2.47. The van der Waals surface area contributed by atoms with Crippen LogP contribution in [0.25, 0.3) is 0 Å². The second-order valence-electron chi connectivity index (χ2n) is 8.68. The Balaban J connectivity index is 1.66. The van der Waals surface area contributed by atoms with Gasteiger partial charge in [0.15, 0.2) is 0 Å². The molecule has 0 amide bonds. The van der Waals surface area contributed by atoms with Crippen LogP contribution >= 0.6 is 0 Å². The Labute approximate surface area is 129 Å². The molecule has 0 bridgehead atoms. The Morgan fingerprint density at radius 1 is 1.14 bits per heavy atom. The SMILES string of the molecule is C[C@@]12CC[C@H]3[C@@H](CC=C4C[C@@H](O)CC[C@]43C)[C@H]1CCCN2. The van der Waals surface area contributed by atoms with Crippen molar-refractivity contribution in [1.29, 1.82) is 0 Å².